The minimum absolute atomic E-state index is 0.128. The van der Waals surface area contributed by atoms with Crippen molar-refractivity contribution >= 4 is 23.2 Å². The predicted molar refractivity (Wildman–Crippen MR) is 94.4 cm³/mol. The largest absolute Gasteiger partial charge is 0.344 e. The second-order valence-corrected chi connectivity index (χ2v) is 6.30. The molecular formula is C18H18ClFN4O. The molecule has 0 saturated heterocycles. The Hall–Kier alpha value is -2.47. The van der Waals surface area contributed by atoms with E-state index in [-0.39, 0.29) is 28.5 Å². The van der Waals surface area contributed by atoms with Crippen molar-refractivity contribution in [1.29, 1.82) is 0 Å². The number of benzene rings is 1. The van der Waals surface area contributed by atoms with E-state index in [2.05, 4.69) is 15.4 Å². The molecule has 3 aromatic rings. The Morgan fingerprint density at radius 3 is 2.64 bits per heavy atom. The summed E-state index contributed by atoms with van der Waals surface area (Å²) in [4.78, 5) is 17.0. The molecule has 130 valence electrons. The highest BCUT2D eigenvalue weighted by molar-refractivity contribution is 6.36. The van der Waals surface area contributed by atoms with Crippen molar-refractivity contribution in [2.24, 2.45) is 0 Å². The first-order chi connectivity index (χ1) is 11.9. The average Bonchev–Trinajstić information content (AvgIpc) is 2.91. The van der Waals surface area contributed by atoms with Gasteiger partial charge in [0.1, 0.15) is 10.8 Å². The van der Waals surface area contributed by atoms with Gasteiger partial charge in [0.25, 0.3) is 5.91 Å². The van der Waals surface area contributed by atoms with Gasteiger partial charge in [0.05, 0.1) is 6.04 Å². The molecule has 0 unspecified atom stereocenters. The van der Waals surface area contributed by atoms with Gasteiger partial charge >= 0.3 is 0 Å². The summed E-state index contributed by atoms with van der Waals surface area (Å²) >= 11 is 6.33. The fourth-order valence-corrected chi connectivity index (χ4v) is 3.03. The van der Waals surface area contributed by atoms with Crippen molar-refractivity contribution < 1.29 is 9.18 Å². The number of aromatic nitrogens is 3. The summed E-state index contributed by atoms with van der Waals surface area (Å²) < 4.78 is 14.7. The molecule has 0 aliphatic rings. The first-order valence-electron chi connectivity index (χ1n) is 7.99. The molecule has 0 fully saturated rings. The zero-order chi connectivity index (χ0) is 18.1. The molecule has 0 aliphatic heterocycles. The third kappa shape index (κ3) is 3.35. The molecule has 1 amide bonds. The zero-order valence-corrected chi connectivity index (χ0v) is 14.9. The van der Waals surface area contributed by atoms with E-state index in [1.165, 1.54) is 12.1 Å². The van der Waals surface area contributed by atoms with Gasteiger partial charge in [-0.15, -0.1) is 0 Å². The SMILES string of the molecule is CC[C@H](NC(=O)c1nn2c(C)cc(C)nc2c1Cl)c1ccc(F)cc1. The van der Waals surface area contributed by atoms with Gasteiger partial charge < -0.3 is 5.32 Å². The summed E-state index contributed by atoms with van der Waals surface area (Å²) in [6, 6.07) is 7.67. The van der Waals surface area contributed by atoms with Crippen molar-refractivity contribution in [2.45, 2.75) is 33.2 Å². The summed E-state index contributed by atoms with van der Waals surface area (Å²) in [5.74, 6) is -0.700. The van der Waals surface area contributed by atoms with Gasteiger partial charge in [-0.25, -0.2) is 13.9 Å². The monoisotopic (exact) mass is 360 g/mol. The molecule has 1 N–H and O–H groups in total. The number of hydrogen-bond acceptors (Lipinski definition) is 3. The van der Waals surface area contributed by atoms with Crippen molar-refractivity contribution in [2.75, 3.05) is 0 Å². The van der Waals surface area contributed by atoms with Crippen LogP contribution in [-0.2, 0) is 0 Å². The Morgan fingerprint density at radius 1 is 1.32 bits per heavy atom. The lowest BCUT2D eigenvalue weighted by Gasteiger charge is -2.16. The lowest BCUT2D eigenvalue weighted by atomic mass is 10.0. The smallest absolute Gasteiger partial charge is 0.273 e. The molecule has 1 atom stereocenters. The molecule has 0 spiro atoms. The minimum Gasteiger partial charge on any atom is -0.344 e. The first kappa shape index (κ1) is 17.4. The molecule has 0 radical (unpaired) electrons. The van der Waals surface area contributed by atoms with Gasteiger partial charge in [0.2, 0.25) is 0 Å². The van der Waals surface area contributed by atoms with Crippen LogP contribution in [0.5, 0.6) is 0 Å². The molecule has 2 heterocycles. The number of carbonyl (C=O) groups excluding carboxylic acids is 1. The Morgan fingerprint density at radius 2 is 2.00 bits per heavy atom. The van der Waals surface area contributed by atoms with Crippen molar-refractivity contribution in [1.82, 2.24) is 19.9 Å². The third-order valence-electron chi connectivity index (χ3n) is 4.04. The Bertz CT molecular complexity index is 936. The maximum absolute atomic E-state index is 13.1. The van der Waals surface area contributed by atoms with Crippen LogP contribution in [0, 0.1) is 19.7 Å². The van der Waals surface area contributed by atoms with Crippen LogP contribution >= 0.6 is 11.6 Å². The number of fused-ring (bicyclic) bond motifs is 1. The maximum atomic E-state index is 13.1. The van der Waals surface area contributed by atoms with Gasteiger partial charge in [0, 0.05) is 11.4 Å². The van der Waals surface area contributed by atoms with Crippen LogP contribution in [0.15, 0.2) is 30.3 Å². The highest BCUT2D eigenvalue weighted by Crippen LogP contribution is 2.24. The van der Waals surface area contributed by atoms with Crippen LogP contribution in [0.4, 0.5) is 4.39 Å². The number of nitrogens with one attached hydrogen (secondary N) is 1. The number of halogens is 2. The van der Waals surface area contributed by atoms with Crippen molar-refractivity contribution in [3.63, 3.8) is 0 Å². The minimum atomic E-state index is -0.385. The predicted octanol–water partition coefficient (Wildman–Crippen LogP) is 4.02. The van der Waals surface area contributed by atoms with E-state index in [9.17, 15) is 9.18 Å². The van der Waals surface area contributed by atoms with Crippen LogP contribution < -0.4 is 5.32 Å². The van der Waals surface area contributed by atoms with E-state index in [4.69, 9.17) is 11.6 Å². The average molecular weight is 361 g/mol. The van der Waals surface area contributed by atoms with Crippen LogP contribution in [0.3, 0.4) is 0 Å². The fourth-order valence-electron chi connectivity index (χ4n) is 2.78. The molecule has 5 nitrogen and oxygen atoms in total. The van der Waals surface area contributed by atoms with Crippen molar-refractivity contribution in [3.05, 3.63) is 63.8 Å². The van der Waals surface area contributed by atoms with E-state index in [1.807, 2.05) is 26.8 Å². The number of amides is 1. The number of hydrogen-bond donors (Lipinski definition) is 1. The first-order valence-corrected chi connectivity index (χ1v) is 8.37. The maximum Gasteiger partial charge on any atom is 0.273 e. The topological polar surface area (TPSA) is 59.3 Å². The van der Waals surface area contributed by atoms with Gasteiger partial charge in [0.15, 0.2) is 11.3 Å². The van der Waals surface area contributed by atoms with Crippen molar-refractivity contribution in [3.8, 4) is 0 Å². The quantitative estimate of drug-likeness (QED) is 0.764. The molecule has 7 heteroatoms. The molecule has 3 rings (SSSR count). The van der Waals surface area contributed by atoms with E-state index >= 15 is 0 Å². The molecule has 0 saturated carbocycles. The van der Waals surface area contributed by atoms with Crippen LogP contribution in [-0.4, -0.2) is 20.5 Å². The standard InChI is InChI=1S/C18H18ClFN4O/c1-4-14(12-5-7-13(20)8-6-12)22-18(25)16-15(19)17-21-10(2)9-11(3)24(17)23-16/h5-9,14H,4H2,1-3H3,(H,22,25)/t14-/m0/s1. The van der Waals surface area contributed by atoms with E-state index in [1.54, 1.807) is 16.6 Å². The fraction of sp³-hybridized carbons (Fsp3) is 0.278. The van der Waals surface area contributed by atoms with Gasteiger partial charge in [-0.1, -0.05) is 30.7 Å². The highest BCUT2D eigenvalue weighted by atomic mass is 35.5. The summed E-state index contributed by atoms with van der Waals surface area (Å²) in [6.07, 6.45) is 0.652. The second kappa shape index (κ2) is 6.80. The highest BCUT2D eigenvalue weighted by Gasteiger charge is 2.22. The second-order valence-electron chi connectivity index (χ2n) is 5.92. The molecule has 0 aliphatic carbocycles. The van der Waals surface area contributed by atoms with E-state index in [0.717, 1.165) is 17.0 Å². The Kier molecular flexibility index (Phi) is 4.72. The lowest BCUT2D eigenvalue weighted by molar-refractivity contribution is 0.0930. The number of rotatable bonds is 4. The normalized spacial score (nSPS) is 12.4. The summed E-state index contributed by atoms with van der Waals surface area (Å²) in [7, 11) is 0. The Labute approximate surface area is 149 Å². The Balaban J connectivity index is 1.92. The van der Waals surface area contributed by atoms with Crippen LogP contribution in [0.2, 0.25) is 5.02 Å². The van der Waals surface area contributed by atoms with Crippen LogP contribution in [0.25, 0.3) is 5.65 Å². The molecule has 0 bridgehead atoms. The van der Waals surface area contributed by atoms with Gasteiger partial charge in [-0.2, -0.15) is 5.10 Å². The molecular weight excluding hydrogens is 343 g/mol. The lowest BCUT2D eigenvalue weighted by Crippen LogP contribution is -2.28. The summed E-state index contributed by atoms with van der Waals surface area (Å²) in [5.41, 5.74) is 3.05. The number of nitrogens with zero attached hydrogens (tertiary/aromatic N) is 3. The third-order valence-corrected chi connectivity index (χ3v) is 4.39. The molecule has 2 aromatic heterocycles. The van der Waals surface area contributed by atoms with E-state index in [0.29, 0.717) is 12.1 Å². The van der Waals surface area contributed by atoms with E-state index < -0.39 is 0 Å². The molecule has 1 aromatic carbocycles. The zero-order valence-electron chi connectivity index (χ0n) is 14.2. The van der Waals surface area contributed by atoms with Crippen LogP contribution in [0.1, 0.15) is 46.8 Å². The molecule has 25 heavy (non-hydrogen) atoms. The van der Waals surface area contributed by atoms with Gasteiger partial charge in [-0.05, 0) is 44.0 Å². The summed E-state index contributed by atoms with van der Waals surface area (Å²) in [5, 5.41) is 7.42. The number of carbonyl (C=O) groups is 1. The summed E-state index contributed by atoms with van der Waals surface area (Å²) in [6.45, 7) is 5.67. The number of aryl methyl sites for hydroxylation is 2. The van der Waals surface area contributed by atoms with Gasteiger partial charge in [-0.3, -0.25) is 4.79 Å².